The maximum atomic E-state index is 10.4. The van der Waals surface area contributed by atoms with Gasteiger partial charge >= 0.3 is 0 Å². The highest BCUT2D eigenvalue weighted by Gasteiger charge is 2.34. The number of amides is 1. The van der Waals surface area contributed by atoms with Gasteiger partial charge in [0.1, 0.15) is 0 Å². The highest BCUT2D eigenvalue weighted by molar-refractivity contribution is 6.32. The molecule has 0 aromatic rings. The van der Waals surface area contributed by atoms with E-state index in [1.165, 1.54) is 0 Å². The Morgan fingerprint density at radius 2 is 1.79 bits per heavy atom. The predicted octanol–water partition coefficient (Wildman–Crippen LogP) is 0.958. The SMILES string of the molecule is CC(C)(C)C(C)(C)[Si]OCCOCCNCC(N)=O. The van der Waals surface area contributed by atoms with Gasteiger partial charge in [0.25, 0.3) is 0 Å². The van der Waals surface area contributed by atoms with E-state index in [2.05, 4.69) is 39.9 Å². The fourth-order valence-corrected chi connectivity index (χ4v) is 1.80. The lowest BCUT2D eigenvalue weighted by atomic mass is 9.82. The summed E-state index contributed by atoms with van der Waals surface area (Å²) in [5.41, 5.74) is 5.21. The van der Waals surface area contributed by atoms with Crippen molar-refractivity contribution in [2.45, 2.75) is 39.7 Å². The number of ether oxygens (including phenoxy) is 1. The van der Waals surface area contributed by atoms with Crippen LogP contribution in [0.15, 0.2) is 0 Å². The van der Waals surface area contributed by atoms with Crippen molar-refractivity contribution in [1.82, 2.24) is 5.32 Å². The Balaban J connectivity index is 3.44. The molecule has 0 aromatic heterocycles. The molecule has 0 aliphatic heterocycles. The van der Waals surface area contributed by atoms with Gasteiger partial charge < -0.3 is 20.2 Å². The molecule has 5 nitrogen and oxygen atoms in total. The van der Waals surface area contributed by atoms with E-state index in [-0.39, 0.29) is 22.9 Å². The van der Waals surface area contributed by atoms with E-state index in [4.69, 9.17) is 14.9 Å². The first kappa shape index (κ1) is 18.6. The third-order valence-corrected chi connectivity index (χ3v) is 4.86. The number of primary amides is 1. The molecule has 19 heavy (non-hydrogen) atoms. The summed E-state index contributed by atoms with van der Waals surface area (Å²) in [4.78, 5) is 10.4. The van der Waals surface area contributed by atoms with Crippen LogP contribution in [-0.4, -0.2) is 48.6 Å². The topological polar surface area (TPSA) is 73.6 Å². The molecule has 0 saturated carbocycles. The molecule has 3 N–H and O–H groups in total. The maximum absolute atomic E-state index is 10.4. The largest absolute Gasteiger partial charge is 0.415 e. The summed E-state index contributed by atoms with van der Waals surface area (Å²) in [5, 5.41) is 3.04. The normalized spacial score (nSPS) is 12.7. The smallest absolute Gasteiger partial charge is 0.236 e. The van der Waals surface area contributed by atoms with Crippen molar-refractivity contribution >= 4 is 15.7 Å². The zero-order valence-electron chi connectivity index (χ0n) is 12.8. The number of carbonyl (C=O) groups is 1. The minimum absolute atomic E-state index is 0.163. The van der Waals surface area contributed by atoms with E-state index >= 15 is 0 Å². The molecule has 0 aliphatic rings. The molecule has 0 aromatic carbocycles. The molecule has 0 bridgehead atoms. The Hall–Kier alpha value is -0.433. The van der Waals surface area contributed by atoms with E-state index in [1.807, 2.05) is 0 Å². The first-order chi connectivity index (χ1) is 8.67. The van der Waals surface area contributed by atoms with Crippen molar-refractivity contribution in [3.05, 3.63) is 0 Å². The zero-order chi connectivity index (χ0) is 14.9. The van der Waals surface area contributed by atoms with Crippen LogP contribution in [-0.2, 0) is 14.0 Å². The standard InChI is InChI=1S/C13H28N2O3Si/c1-12(2,3)13(4,5)19-18-9-8-17-7-6-15-10-11(14)16/h15H,6-10H2,1-5H3,(H2,14,16). The minimum atomic E-state index is -0.353. The molecule has 0 unspecified atom stereocenters. The first-order valence-corrected chi connectivity index (χ1v) is 7.53. The molecule has 0 heterocycles. The molecule has 0 rings (SSSR count). The van der Waals surface area contributed by atoms with Gasteiger partial charge in [-0.25, -0.2) is 0 Å². The van der Waals surface area contributed by atoms with Gasteiger partial charge in [-0.05, 0) is 10.5 Å². The van der Waals surface area contributed by atoms with E-state index in [1.54, 1.807) is 0 Å². The summed E-state index contributed by atoms with van der Waals surface area (Å²) in [6.07, 6.45) is 0. The summed E-state index contributed by atoms with van der Waals surface area (Å²) in [6.45, 7) is 13.7. The number of hydrogen-bond donors (Lipinski definition) is 2. The van der Waals surface area contributed by atoms with Gasteiger partial charge in [-0.3, -0.25) is 4.79 Å². The van der Waals surface area contributed by atoms with Crippen LogP contribution in [0.25, 0.3) is 0 Å². The molecule has 0 saturated heterocycles. The average Bonchev–Trinajstić information content (AvgIpc) is 2.24. The summed E-state index contributed by atoms with van der Waals surface area (Å²) in [5.74, 6) is -0.353. The van der Waals surface area contributed by atoms with Crippen LogP contribution in [0, 0.1) is 5.41 Å². The number of carbonyl (C=O) groups excluding carboxylic acids is 1. The molecular weight excluding hydrogens is 260 g/mol. The fraction of sp³-hybridized carbons (Fsp3) is 0.923. The first-order valence-electron chi connectivity index (χ1n) is 6.62. The monoisotopic (exact) mass is 288 g/mol. The third-order valence-electron chi connectivity index (χ3n) is 3.25. The van der Waals surface area contributed by atoms with Crippen molar-refractivity contribution in [2.75, 3.05) is 32.9 Å². The lowest BCUT2D eigenvalue weighted by molar-refractivity contribution is -0.117. The van der Waals surface area contributed by atoms with Crippen LogP contribution in [0.4, 0.5) is 0 Å². The lowest BCUT2D eigenvalue weighted by Crippen LogP contribution is -2.32. The van der Waals surface area contributed by atoms with Gasteiger partial charge in [0, 0.05) is 6.54 Å². The van der Waals surface area contributed by atoms with Crippen LogP contribution in [0.2, 0.25) is 5.04 Å². The van der Waals surface area contributed by atoms with Crippen molar-refractivity contribution < 1.29 is 14.0 Å². The van der Waals surface area contributed by atoms with Gasteiger partial charge in [-0.15, -0.1) is 0 Å². The van der Waals surface area contributed by atoms with Crippen molar-refractivity contribution in [3.63, 3.8) is 0 Å². The second kappa shape index (κ2) is 8.68. The number of nitrogens with two attached hydrogens (primary N) is 1. The van der Waals surface area contributed by atoms with Crippen molar-refractivity contribution in [1.29, 1.82) is 0 Å². The Kier molecular flexibility index (Phi) is 8.48. The summed E-state index contributed by atoms with van der Waals surface area (Å²) in [7, 11) is 0.462. The Morgan fingerprint density at radius 3 is 2.32 bits per heavy atom. The van der Waals surface area contributed by atoms with Crippen molar-refractivity contribution in [3.8, 4) is 0 Å². The third kappa shape index (κ3) is 9.15. The van der Waals surface area contributed by atoms with Crippen molar-refractivity contribution in [2.24, 2.45) is 11.1 Å². The highest BCUT2D eigenvalue weighted by Crippen LogP contribution is 2.43. The average molecular weight is 288 g/mol. The summed E-state index contributed by atoms with van der Waals surface area (Å²) < 4.78 is 11.1. The molecule has 112 valence electrons. The molecule has 1 amide bonds. The zero-order valence-corrected chi connectivity index (χ0v) is 13.8. The molecule has 0 aliphatic carbocycles. The van der Waals surface area contributed by atoms with E-state index < -0.39 is 0 Å². The lowest BCUT2D eigenvalue weighted by Gasteiger charge is -2.37. The molecule has 0 fully saturated rings. The second-order valence-corrected chi connectivity index (χ2v) is 7.82. The molecular formula is C13H28N2O3Si. The van der Waals surface area contributed by atoms with Crippen LogP contribution in [0.1, 0.15) is 34.6 Å². The molecule has 6 heteroatoms. The van der Waals surface area contributed by atoms with E-state index in [0.29, 0.717) is 36.1 Å². The fourth-order valence-electron chi connectivity index (χ4n) is 0.943. The van der Waals surface area contributed by atoms with Crippen LogP contribution in [0.3, 0.4) is 0 Å². The number of rotatable bonds is 10. The van der Waals surface area contributed by atoms with Gasteiger partial charge in [0.05, 0.1) is 26.4 Å². The van der Waals surface area contributed by atoms with E-state index in [9.17, 15) is 4.79 Å². The molecule has 0 atom stereocenters. The Labute approximate surface area is 119 Å². The summed E-state index contributed by atoms with van der Waals surface area (Å²) in [6, 6.07) is 0. The van der Waals surface area contributed by atoms with Gasteiger partial charge in [0.2, 0.25) is 15.7 Å². The highest BCUT2D eigenvalue weighted by atomic mass is 28.2. The van der Waals surface area contributed by atoms with Gasteiger partial charge in [-0.2, -0.15) is 0 Å². The minimum Gasteiger partial charge on any atom is -0.415 e. The molecule has 2 radical (unpaired) electrons. The summed E-state index contributed by atoms with van der Waals surface area (Å²) >= 11 is 0. The van der Waals surface area contributed by atoms with E-state index in [0.717, 1.165) is 0 Å². The number of hydrogen-bond acceptors (Lipinski definition) is 4. The van der Waals surface area contributed by atoms with Crippen LogP contribution in [0.5, 0.6) is 0 Å². The Bertz CT molecular complexity index is 265. The quantitative estimate of drug-likeness (QED) is 0.464. The maximum Gasteiger partial charge on any atom is 0.236 e. The number of nitrogens with one attached hydrogen (secondary N) is 1. The van der Waals surface area contributed by atoms with Gasteiger partial charge in [-0.1, -0.05) is 34.6 Å². The van der Waals surface area contributed by atoms with Crippen LogP contribution < -0.4 is 11.1 Å². The predicted molar refractivity (Wildman–Crippen MR) is 78.1 cm³/mol. The van der Waals surface area contributed by atoms with Gasteiger partial charge in [0.15, 0.2) is 0 Å². The second-order valence-electron chi connectivity index (χ2n) is 6.08. The Morgan fingerprint density at radius 1 is 1.16 bits per heavy atom. The molecule has 0 spiro atoms. The van der Waals surface area contributed by atoms with Crippen LogP contribution >= 0.6 is 0 Å².